The van der Waals surface area contributed by atoms with Crippen LogP contribution in [0.5, 0.6) is 5.75 Å². The van der Waals surface area contributed by atoms with Crippen LogP contribution in [0.2, 0.25) is 0 Å². The second-order valence-electron chi connectivity index (χ2n) is 4.85. The van der Waals surface area contributed by atoms with Crippen molar-refractivity contribution in [3.63, 3.8) is 0 Å². The number of methoxy groups -OCH3 is 1. The maximum absolute atomic E-state index is 12.3. The van der Waals surface area contributed by atoms with Crippen molar-refractivity contribution in [1.82, 2.24) is 0 Å². The molecule has 0 unspecified atom stereocenters. The summed E-state index contributed by atoms with van der Waals surface area (Å²) in [6.07, 6.45) is 0.360. The Hall–Kier alpha value is -2.33. The maximum Gasteiger partial charge on any atom is 0.231 e. The molecule has 0 bridgehead atoms. The van der Waals surface area contributed by atoms with Gasteiger partial charge in [0, 0.05) is 25.3 Å². The number of amides is 1. The molecule has 110 valence electrons. The first-order valence-corrected chi connectivity index (χ1v) is 6.82. The normalized spacial score (nSPS) is 10.2. The molecular weight excluding hydrogens is 264 g/mol. The summed E-state index contributed by atoms with van der Waals surface area (Å²) in [6, 6.07) is 15.2. The van der Waals surface area contributed by atoms with Crippen molar-refractivity contribution in [3.05, 3.63) is 59.7 Å². The fourth-order valence-corrected chi connectivity index (χ4v) is 2.05. The highest BCUT2D eigenvalue weighted by atomic mass is 16.5. The van der Waals surface area contributed by atoms with E-state index in [9.17, 15) is 4.79 Å². The Morgan fingerprint density at radius 3 is 2.43 bits per heavy atom. The third-order valence-corrected chi connectivity index (χ3v) is 3.43. The van der Waals surface area contributed by atoms with Gasteiger partial charge in [0.05, 0.1) is 13.5 Å². The van der Waals surface area contributed by atoms with E-state index in [0.29, 0.717) is 13.0 Å². The second kappa shape index (κ2) is 6.90. The highest BCUT2D eigenvalue weighted by molar-refractivity contribution is 5.94. The predicted octanol–water partition coefficient (Wildman–Crippen LogP) is 2.36. The van der Waals surface area contributed by atoms with Crippen LogP contribution in [-0.2, 0) is 17.8 Å². The number of carbonyl (C=O) groups is 1. The molecule has 4 nitrogen and oxygen atoms in total. The van der Waals surface area contributed by atoms with Gasteiger partial charge in [-0.15, -0.1) is 0 Å². The molecule has 2 aromatic rings. The van der Waals surface area contributed by atoms with Crippen molar-refractivity contribution in [3.8, 4) is 5.75 Å². The number of benzene rings is 2. The largest absolute Gasteiger partial charge is 0.497 e. The van der Waals surface area contributed by atoms with Crippen LogP contribution in [0.4, 0.5) is 5.69 Å². The quantitative estimate of drug-likeness (QED) is 0.917. The molecule has 2 rings (SSSR count). The van der Waals surface area contributed by atoms with Crippen LogP contribution in [0.25, 0.3) is 0 Å². The molecule has 0 radical (unpaired) electrons. The lowest BCUT2D eigenvalue weighted by atomic mass is 10.1. The molecule has 4 heteroatoms. The number of carbonyl (C=O) groups excluding carboxylic acids is 1. The van der Waals surface area contributed by atoms with Crippen molar-refractivity contribution >= 4 is 11.6 Å². The smallest absolute Gasteiger partial charge is 0.231 e. The van der Waals surface area contributed by atoms with Gasteiger partial charge in [0.15, 0.2) is 0 Å². The lowest BCUT2D eigenvalue weighted by Crippen LogP contribution is -2.27. The summed E-state index contributed by atoms with van der Waals surface area (Å²) in [5.41, 5.74) is 8.42. The van der Waals surface area contributed by atoms with Gasteiger partial charge in [-0.3, -0.25) is 4.79 Å². The third kappa shape index (κ3) is 3.83. The zero-order valence-electron chi connectivity index (χ0n) is 12.4. The van der Waals surface area contributed by atoms with E-state index in [2.05, 4.69) is 0 Å². The first-order chi connectivity index (χ1) is 10.1. The number of hydrogen-bond acceptors (Lipinski definition) is 3. The number of rotatable bonds is 5. The molecule has 0 aliphatic carbocycles. The molecule has 0 aliphatic heterocycles. The molecule has 0 fully saturated rings. The molecule has 0 heterocycles. The lowest BCUT2D eigenvalue weighted by molar-refractivity contribution is -0.117. The van der Waals surface area contributed by atoms with Gasteiger partial charge in [-0.2, -0.15) is 0 Å². The molecular formula is C17H20N2O2. The number of nitrogens with two attached hydrogens (primary N) is 1. The van der Waals surface area contributed by atoms with Crippen LogP contribution < -0.4 is 15.4 Å². The molecule has 0 aromatic heterocycles. The fourth-order valence-electron chi connectivity index (χ4n) is 2.05. The number of anilines is 1. The van der Waals surface area contributed by atoms with E-state index in [0.717, 1.165) is 22.6 Å². The molecule has 0 aliphatic rings. The van der Waals surface area contributed by atoms with Gasteiger partial charge in [-0.05, 0) is 23.3 Å². The summed E-state index contributed by atoms with van der Waals surface area (Å²) in [7, 11) is 3.38. The Bertz CT molecular complexity index is 608. The van der Waals surface area contributed by atoms with Crippen LogP contribution >= 0.6 is 0 Å². The summed E-state index contributed by atoms with van der Waals surface area (Å²) in [5.74, 6) is 0.767. The Labute approximate surface area is 125 Å². The van der Waals surface area contributed by atoms with E-state index in [1.165, 1.54) is 0 Å². The molecule has 0 spiro atoms. The Morgan fingerprint density at radius 2 is 1.81 bits per heavy atom. The standard InChI is InChI=1S/C17H20N2O2/c1-19(15-4-3-5-16(11-15)21-2)17(20)10-13-6-8-14(12-18)9-7-13/h3-9,11H,10,12,18H2,1-2H3. The summed E-state index contributed by atoms with van der Waals surface area (Å²) in [5, 5.41) is 0. The van der Waals surface area contributed by atoms with Gasteiger partial charge in [0.25, 0.3) is 0 Å². The monoisotopic (exact) mass is 284 g/mol. The third-order valence-electron chi connectivity index (χ3n) is 3.43. The summed E-state index contributed by atoms with van der Waals surface area (Å²) < 4.78 is 5.18. The number of hydrogen-bond donors (Lipinski definition) is 1. The van der Waals surface area contributed by atoms with Crippen LogP contribution in [0.15, 0.2) is 48.5 Å². The zero-order valence-corrected chi connectivity index (χ0v) is 12.4. The summed E-state index contributed by atoms with van der Waals surface area (Å²) >= 11 is 0. The SMILES string of the molecule is COc1cccc(N(C)C(=O)Cc2ccc(CN)cc2)c1. The van der Waals surface area contributed by atoms with Gasteiger partial charge in [0.1, 0.15) is 5.75 Å². The summed E-state index contributed by atoms with van der Waals surface area (Å²) in [4.78, 5) is 14.0. The van der Waals surface area contributed by atoms with E-state index in [1.54, 1.807) is 19.1 Å². The molecule has 0 saturated heterocycles. The Morgan fingerprint density at radius 1 is 1.14 bits per heavy atom. The maximum atomic E-state index is 12.3. The predicted molar refractivity (Wildman–Crippen MR) is 84.4 cm³/mol. The van der Waals surface area contributed by atoms with Gasteiger partial charge in [-0.25, -0.2) is 0 Å². The highest BCUT2D eigenvalue weighted by Gasteiger charge is 2.12. The molecule has 1 amide bonds. The summed E-state index contributed by atoms with van der Waals surface area (Å²) in [6.45, 7) is 0.512. The first-order valence-electron chi connectivity index (χ1n) is 6.82. The van der Waals surface area contributed by atoms with Crippen LogP contribution in [0.1, 0.15) is 11.1 Å². The van der Waals surface area contributed by atoms with Crippen molar-refractivity contribution in [2.45, 2.75) is 13.0 Å². The van der Waals surface area contributed by atoms with Crippen molar-refractivity contribution in [1.29, 1.82) is 0 Å². The van der Waals surface area contributed by atoms with Crippen molar-refractivity contribution in [2.24, 2.45) is 5.73 Å². The second-order valence-corrected chi connectivity index (χ2v) is 4.85. The van der Waals surface area contributed by atoms with Crippen molar-refractivity contribution < 1.29 is 9.53 Å². The molecule has 21 heavy (non-hydrogen) atoms. The van der Waals surface area contributed by atoms with Crippen LogP contribution in [-0.4, -0.2) is 20.1 Å². The average Bonchev–Trinajstić information content (AvgIpc) is 2.54. The van der Waals surface area contributed by atoms with Crippen LogP contribution in [0.3, 0.4) is 0 Å². The number of ether oxygens (including phenoxy) is 1. The van der Waals surface area contributed by atoms with E-state index in [1.807, 2.05) is 48.5 Å². The van der Waals surface area contributed by atoms with Gasteiger partial charge in [0.2, 0.25) is 5.91 Å². The van der Waals surface area contributed by atoms with E-state index in [4.69, 9.17) is 10.5 Å². The van der Waals surface area contributed by atoms with Crippen molar-refractivity contribution in [2.75, 3.05) is 19.1 Å². The lowest BCUT2D eigenvalue weighted by Gasteiger charge is -2.18. The molecule has 2 aromatic carbocycles. The zero-order chi connectivity index (χ0) is 15.2. The van der Waals surface area contributed by atoms with Gasteiger partial charge < -0.3 is 15.4 Å². The van der Waals surface area contributed by atoms with E-state index < -0.39 is 0 Å². The van der Waals surface area contributed by atoms with E-state index >= 15 is 0 Å². The highest BCUT2D eigenvalue weighted by Crippen LogP contribution is 2.20. The topological polar surface area (TPSA) is 55.6 Å². The van der Waals surface area contributed by atoms with Gasteiger partial charge in [-0.1, -0.05) is 30.3 Å². The first kappa shape index (κ1) is 15.1. The Balaban J connectivity index is 2.07. The minimum absolute atomic E-state index is 0.0313. The molecule has 0 atom stereocenters. The van der Waals surface area contributed by atoms with E-state index in [-0.39, 0.29) is 5.91 Å². The minimum atomic E-state index is 0.0313. The molecule has 2 N–H and O–H groups in total. The Kier molecular flexibility index (Phi) is 4.95. The van der Waals surface area contributed by atoms with Crippen LogP contribution in [0, 0.1) is 0 Å². The minimum Gasteiger partial charge on any atom is -0.497 e. The molecule has 0 saturated carbocycles. The fraction of sp³-hybridized carbons (Fsp3) is 0.235. The number of nitrogens with zero attached hydrogens (tertiary/aromatic N) is 1. The number of likely N-dealkylation sites (N-methyl/N-ethyl adjacent to an activating group) is 1. The average molecular weight is 284 g/mol. The van der Waals surface area contributed by atoms with Gasteiger partial charge >= 0.3 is 0 Å².